The summed E-state index contributed by atoms with van der Waals surface area (Å²) in [5.41, 5.74) is 2.50. The molecule has 1 N–H and O–H groups in total. The molecule has 0 atom stereocenters. The minimum Gasteiger partial charge on any atom is -0.361 e. The van der Waals surface area contributed by atoms with Crippen LogP contribution in [0.2, 0.25) is 0 Å². The van der Waals surface area contributed by atoms with E-state index in [1.807, 2.05) is 13.8 Å². The topological polar surface area (TPSA) is 53.7 Å². The van der Waals surface area contributed by atoms with Gasteiger partial charge in [-0.1, -0.05) is 19.0 Å². The summed E-state index contributed by atoms with van der Waals surface area (Å²) in [6.45, 7) is 14.4. The zero-order valence-electron chi connectivity index (χ0n) is 14.7. The number of hydrogen-bond acceptors (Lipinski definition) is 3. The van der Waals surface area contributed by atoms with Crippen molar-refractivity contribution < 1.29 is 4.52 Å². The standard InChI is InChI=1S/C17H30N4O/c1-6-17(7-2)9-10-21(12-17)16(18-8-3)19-11-15-13(4)20-22-14(15)5/h6-12H2,1-5H3,(H,18,19). The Morgan fingerprint density at radius 2 is 2.05 bits per heavy atom. The molecule has 1 aliphatic rings. The number of aryl methyl sites for hydroxylation is 2. The van der Waals surface area contributed by atoms with Crippen molar-refractivity contribution in [2.45, 2.75) is 60.4 Å². The summed E-state index contributed by atoms with van der Waals surface area (Å²) in [6, 6.07) is 0. The van der Waals surface area contributed by atoms with Crippen molar-refractivity contribution >= 4 is 5.96 Å². The Balaban J connectivity index is 2.12. The van der Waals surface area contributed by atoms with E-state index in [0.717, 1.165) is 42.6 Å². The average molecular weight is 306 g/mol. The van der Waals surface area contributed by atoms with E-state index in [2.05, 4.69) is 36.1 Å². The molecule has 0 aliphatic carbocycles. The summed E-state index contributed by atoms with van der Waals surface area (Å²) in [5.74, 6) is 1.89. The molecule has 2 heterocycles. The first-order chi connectivity index (χ1) is 10.5. The van der Waals surface area contributed by atoms with Gasteiger partial charge in [-0.05, 0) is 45.4 Å². The maximum absolute atomic E-state index is 5.23. The van der Waals surface area contributed by atoms with Gasteiger partial charge in [0, 0.05) is 25.2 Å². The van der Waals surface area contributed by atoms with Gasteiger partial charge < -0.3 is 14.7 Å². The molecule has 1 aromatic rings. The summed E-state index contributed by atoms with van der Waals surface area (Å²) in [4.78, 5) is 7.24. The molecule has 0 bridgehead atoms. The first-order valence-corrected chi connectivity index (χ1v) is 8.50. The van der Waals surface area contributed by atoms with Crippen molar-refractivity contribution in [2.24, 2.45) is 10.4 Å². The summed E-state index contributed by atoms with van der Waals surface area (Å²) in [7, 11) is 0. The minimum atomic E-state index is 0.458. The van der Waals surface area contributed by atoms with E-state index >= 15 is 0 Å². The smallest absolute Gasteiger partial charge is 0.194 e. The largest absolute Gasteiger partial charge is 0.361 e. The molecule has 1 saturated heterocycles. The van der Waals surface area contributed by atoms with Gasteiger partial charge in [0.15, 0.2) is 5.96 Å². The highest BCUT2D eigenvalue weighted by atomic mass is 16.5. The SMILES string of the molecule is CCNC(=NCc1c(C)noc1C)N1CCC(CC)(CC)C1. The van der Waals surface area contributed by atoms with Crippen molar-refractivity contribution in [1.29, 1.82) is 0 Å². The fourth-order valence-electron chi connectivity index (χ4n) is 3.25. The molecule has 0 spiro atoms. The molecule has 5 nitrogen and oxygen atoms in total. The summed E-state index contributed by atoms with van der Waals surface area (Å²) >= 11 is 0. The Kier molecular flexibility index (Phi) is 5.48. The Labute approximate surface area is 134 Å². The van der Waals surface area contributed by atoms with E-state index in [-0.39, 0.29) is 0 Å². The molecule has 124 valence electrons. The van der Waals surface area contributed by atoms with E-state index < -0.39 is 0 Å². The fraction of sp³-hybridized carbons (Fsp3) is 0.765. The van der Waals surface area contributed by atoms with Crippen molar-refractivity contribution in [3.63, 3.8) is 0 Å². The number of aliphatic imine (C=N–C) groups is 1. The highest BCUT2D eigenvalue weighted by Gasteiger charge is 2.36. The van der Waals surface area contributed by atoms with Gasteiger partial charge in [0.2, 0.25) is 0 Å². The van der Waals surface area contributed by atoms with Crippen molar-refractivity contribution in [2.75, 3.05) is 19.6 Å². The van der Waals surface area contributed by atoms with E-state index in [0.29, 0.717) is 12.0 Å². The third-order valence-electron chi connectivity index (χ3n) is 5.14. The molecule has 2 rings (SSSR count). The lowest BCUT2D eigenvalue weighted by Crippen LogP contribution is -2.41. The second kappa shape index (κ2) is 7.16. The van der Waals surface area contributed by atoms with Crippen molar-refractivity contribution in [3.05, 3.63) is 17.0 Å². The Morgan fingerprint density at radius 1 is 1.32 bits per heavy atom. The molecule has 1 aliphatic heterocycles. The van der Waals surface area contributed by atoms with Crippen LogP contribution < -0.4 is 5.32 Å². The zero-order valence-corrected chi connectivity index (χ0v) is 14.7. The second-order valence-corrected chi connectivity index (χ2v) is 6.35. The molecule has 1 fully saturated rings. The summed E-state index contributed by atoms with van der Waals surface area (Å²) in [6.07, 6.45) is 3.74. The average Bonchev–Trinajstić information content (AvgIpc) is 3.09. The van der Waals surface area contributed by atoms with E-state index in [1.165, 1.54) is 19.3 Å². The number of nitrogens with one attached hydrogen (secondary N) is 1. The van der Waals surface area contributed by atoms with Crippen LogP contribution in [0.15, 0.2) is 9.52 Å². The predicted octanol–water partition coefficient (Wildman–Crippen LogP) is 3.27. The highest BCUT2D eigenvalue weighted by Crippen LogP contribution is 2.36. The number of hydrogen-bond donors (Lipinski definition) is 1. The Morgan fingerprint density at radius 3 is 2.55 bits per heavy atom. The summed E-state index contributed by atoms with van der Waals surface area (Å²) < 4.78 is 5.23. The molecule has 0 amide bonds. The molecule has 1 aromatic heterocycles. The van der Waals surface area contributed by atoms with Gasteiger partial charge in [0.05, 0.1) is 12.2 Å². The van der Waals surface area contributed by atoms with Gasteiger partial charge in [-0.2, -0.15) is 0 Å². The van der Waals surface area contributed by atoms with Gasteiger partial charge in [-0.25, -0.2) is 4.99 Å². The molecule has 0 unspecified atom stereocenters. The first kappa shape index (κ1) is 16.8. The fourth-order valence-corrected chi connectivity index (χ4v) is 3.25. The predicted molar refractivity (Wildman–Crippen MR) is 90.0 cm³/mol. The third kappa shape index (κ3) is 3.45. The quantitative estimate of drug-likeness (QED) is 0.670. The molecule has 22 heavy (non-hydrogen) atoms. The third-order valence-corrected chi connectivity index (χ3v) is 5.14. The van der Waals surface area contributed by atoms with Crippen LogP contribution in [-0.4, -0.2) is 35.7 Å². The van der Waals surface area contributed by atoms with Gasteiger partial charge in [0.25, 0.3) is 0 Å². The van der Waals surface area contributed by atoms with Crippen LogP contribution in [0.5, 0.6) is 0 Å². The summed E-state index contributed by atoms with van der Waals surface area (Å²) in [5, 5.41) is 7.45. The highest BCUT2D eigenvalue weighted by molar-refractivity contribution is 5.80. The van der Waals surface area contributed by atoms with Crippen LogP contribution in [0.1, 0.15) is 57.1 Å². The van der Waals surface area contributed by atoms with Gasteiger partial charge in [-0.3, -0.25) is 0 Å². The van der Waals surface area contributed by atoms with Gasteiger partial charge in [0.1, 0.15) is 5.76 Å². The van der Waals surface area contributed by atoms with Crippen LogP contribution in [0.25, 0.3) is 0 Å². The number of likely N-dealkylation sites (tertiary alicyclic amines) is 1. The van der Waals surface area contributed by atoms with E-state index in [4.69, 9.17) is 9.52 Å². The van der Waals surface area contributed by atoms with Crippen LogP contribution in [0.3, 0.4) is 0 Å². The minimum absolute atomic E-state index is 0.458. The van der Waals surface area contributed by atoms with E-state index in [1.54, 1.807) is 0 Å². The first-order valence-electron chi connectivity index (χ1n) is 8.50. The lowest BCUT2D eigenvalue weighted by Gasteiger charge is -2.28. The molecule has 0 radical (unpaired) electrons. The van der Waals surface area contributed by atoms with Gasteiger partial charge in [-0.15, -0.1) is 0 Å². The molecule has 0 saturated carbocycles. The van der Waals surface area contributed by atoms with Crippen LogP contribution >= 0.6 is 0 Å². The Bertz CT molecular complexity index is 497. The van der Waals surface area contributed by atoms with E-state index in [9.17, 15) is 0 Å². The number of nitrogens with zero attached hydrogens (tertiary/aromatic N) is 3. The molecular weight excluding hydrogens is 276 g/mol. The Hall–Kier alpha value is -1.52. The van der Waals surface area contributed by atoms with Crippen LogP contribution in [-0.2, 0) is 6.54 Å². The molecular formula is C17H30N4O. The van der Waals surface area contributed by atoms with Crippen molar-refractivity contribution in [1.82, 2.24) is 15.4 Å². The monoisotopic (exact) mass is 306 g/mol. The number of guanidine groups is 1. The lowest BCUT2D eigenvalue weighted by molar-refractivity contribution is 0.276. The van der Waals surface area contributed by atoms with Gasteiger partial charge >= 0.3 is 0 Å². The zero-order chi connectivity index (χ0) is 16.2. The maximum Gasteiger partial charge on any atom is 0.194 e. The molecule has 0 aromatic carbocycles. The van der Waals surface area contributed by atoms with Crippen LogP contribution in [0, 0.1) is 19.3 Å². The van der Waals surface area contributed by atoms with Crippen LogP contribution in [0.4, 0.5) is 0 Å². The maximum atomic E-state index is 5.23. The molecule has 5 heteroatoms. The number of aromatic nitrogens is 1. The second-order valence-electron chi connectivity index (χ2n) is 6.35. The number of rotatable bonds is 5. The lowest BCUT2D eigenvalue weighted by atomic mass is 9.82. The normalized spacial score (nSPS) is 18.0. The van der Waals surface area contributed by atoms with Crippen molar-refractivity contribution in [3.8, 4) is 0 Å².